The van der Waals surface area contributed by atoms with E-state index in [4.69, 9.17) is 14.7 Å². The quantitative estimate of drug-likeness (QED) is 0.618. The molecule has 0 atom stereocenters. The Kier molecular flexibility index (Phi) is 8.40. The predicted octanol–water partition coefficient (Wildman–Crippen LogP) is 2.66. The fourth-order valence-corrected chi connectivity index (χ4v) is 3.47. The fraction of sp³-hybridized carbons (Fsp3) is 0.526. The molecule has 1 aliphatic rings. The van der Waals surface area contributed by atoms with Crippen LogP contribution in [-0.2, 0) is 9.59 Å². The van der Waals surface area contributed by atoms with Crippen LogP contribution in [0, 0.1) is 11.3 Å². The molecule has 27 heavy (non-hydrogen) atoms. The lowest BCUT2D eigenvalue weighted by molar-refractivity contribution is -0.123. The molecule has 0 bridgehead atoms. The number of halogens is 1. The second kappa shape index (κ2) is 10.8. The first kappa shape index (κ1) is 21.0. The molecule has 2 amide bonds. The van der Waals surface area contributed by atoms with Crippen LogP contribution in [0.1, 0.15) is 44.6 Å². The van der Waals surface area contributed by atoms with Crippen LogP contribution in [0.25, 0.3) is 0 Å². The van der Waals surface area contributed by atoms with E-state index in [1.165, 1.54) is 0 Å². The SMILES string of the molecule is CCOc1cc(C#N)cc(Br)c1OCC(=O)NCCC(=O)NC1CCCC1. The van der Waals surface area contributed by atoms with Crippen molar-refractivity contribution in [3.8, 4) is 17.6 Å². The minimum absolute atomic E-state index is 0.0448. The van der Waals surface area contributed by atoms with Gasteiger partial charge >= 0.3 is 0 Å². The maximum Gasteiger partial charge on any atom is 0.257 e. The third kappa shape index (κ3) is 6.75. The molecule has 7 nitrogen and oxygen atoms in total. The van der Waals surface area contributed by atoms with Crippen LogP contribution < -0.4 is 20.1 Å². The highest BCUT2D eigenvalue weighted by molar-refractivity contribution is 9.10. The lowest BCUT2D eigenvalue weighted by Gasteiger charge is -2.14. The minimum atomic E-state index is -0.331. The minimum Gasteiger partial charge on any atom is -0.490 e. The first-order valence-corrected chi connectivity index (χ1v) is 9.88. The number of ether oxygens (including phenoxy) is 2. The lowest BCUT2D eigenvalue weighted by atomic mass is 10.2. The monoisotopic (exact) mass is 437 g/mol. The topological polar surface area (TPSA) is 100 Å². The Labute approximate surface area is 167 Å². The van der Waals surface area contributed by atoms with Crippen molar-refractivity contribution in [2.45, 2.75) is 45.1 Å². The summed E-state index contributed by atoms with van der Waals surface area (Å²) in [5.74, 6) is 0.385. The summed E-state index contributed by atoms with van der Waals surface area (Å²) in [6.07, 6.45) is 4.63. The number of benzene rings is 1. The highest BCUT2D eigenvalue weighted by Gasteiger charge is 2.17. The zero-order valence-electron chi connectivity index (χ0n) is 15.3. The highest BCUT2D eigenvalue weighted by Crippen LogP contribution is 2.36. The average molecular weight is 438 g/mol. The molecule has 0 spiro atoms. The molecule has 2 rings (SSSR count). The standard InChI is InChI=1S/C19H24BrN3O4/c1-2-26-16-10-13(11-21)9-15(20)19(16)27-12-18(25)22-8-7-17(24)23-14-5-3-4-6-14/h9-10,14H,2-8,12H2,1H3,(H,22,25)(H,23,24). The van der Waals surface area contributed by atoms with Crippen molar-refractivity contribution in [3.05, 3.63) is 22.2 Å². The molecular weight excluding hydrogens is 414 g/mol. The molecule has 1 fully saturated rings. The van der Waals surface area contributed by atoms with Crippen LogP contribution in [0.5, 0.6) is 11.5 Å². The zero-order chi connectivity index (χ0) is 19.6. The van der Waals surface area contributed by atoms with E-state index in [0.717, 1.165) is 25.7 Å². The van der Waals surface area contributed by atoms with Gasteiger partial charge in [-0.05, 0) is 41.8 Å². The molecule has 1 aromatic rings. The maximum atomic E-state index is 12.0. The van der Waals surface area contributed by atoms with Crippen LogP contribution in [-0.4, -0.2) is 37.6 Å². The molecule has 0 unspecified atom stereocenters. The summed E-state index contributed by atoms with van der Waals surface area (Å²) in [7, 11) is 0. The van der Waals surface area contributed by atoms with Crippen LogP contribution >= 0.6 is 15.9 Å². The van der Waals surface area contributed by atoms with E-state index in [2.05, 4.69) is 26.6 Å². The van der Waals surface area contributed by atoms with E-state index in [1.54, 1.807) is 12.1 Å². The van der Waals surface area contributed by atoms with Gasteiger partial charge in [0, 0.05) is 25.1 Å². The molecule has 0 aliphatic heterocycles. The molecule has 1 aromatic carbocycles. The van der Waals surface area contributed by atoms with E-state index < -0.39 is 0 Å². The van der Waals surface area contributed by atoms with Gasteiger partial charge in [0.1, 0.15) is 0 Å². The van der Waals surface area contributed by atoms with Gasteiger partial charge in [-0.25, -0.2) is 0 Å². The number of carbonyl (C=O) groups excluding carboxylic acids is 2. The number of hydrogen-bond acceptors (Lipinski definition) is 5. The van der Waals surface area contributed by atoms with E-state index >= 15 is 0 Å². The Balaban J connectivity index is 1.78. The highest BCUT2D eigenvalue weighted by atomic mass is 79.9. The number of rotatable bonds is 9. The van der Waals surface area contributed by atoms with Crippen molar-refractivity contribution in [2.75, 3.05) is 19.8 Å². The van der Waals surface area contributed by atoms with E-state index in [-0.39, 0.29) is 37.4 Å². The normalized spacial score (nSPS) is 13.7. The van der Waals surface area contributed by atoms with Crippen LogP contribution in [0.2, 0.25) is 0 Å². The number of amides is 2. The smallest absolute Gasteiger partial charge is 0.257 e. The summed E-state index contributed by atoms with van der Waals surface area (Å²) in [4.78, 5) is 23.8. The molecule has 2 N–H and O–H groups in total. The van der Waals surface area contributed by atoms with Crippen LogP contribution in [0.3, 0.4) is 0 Å². The summed E-state index contributed by atoms with van der Waals surface area (Å²) in [5.41, 5.74) is 0.426. The Morgan fingerprint density at radius 1 is 1.26 bits per heavy atom. The van der Waals surface area contributed by atoms with Gasteiger partial charge in [0.25, 0.3) is 5.91 Å². The molecule has 1 saturated carbocycles. The van der Waals surface area contributed by atoms with Gasteiger partial charge in [-0.2, -0.15) is 5.26 Å². The largest absolute Gasteiger partial charge is 0.490 e. The van der Waals surface area contributed by atoms with Gasteiger partial charge in [0.2, 0.25) is 5.91 Å². The second-order valence-electron chi connectivity index (χ2n) is 6.27. The molecule has 8 heteroatoms. The molecular formula is C19H24BrN3O4. The van der Waals surface area contributed by atoms with Crippen LogP contribution in [0.15, 0.2) is 16.6 Å². The Bertz CT molecular complexity index is 712. The third-order valence-electron chi connectivity index (χ3n) is 4.18. The molecule has 146 valence electrons. The summed E-state index contributed by atoms with van der Waals surface area (Å²) >= 11 is 3.33. The van der Waals surface area contributed by atoms with Crippen molar-refractivity contribution < 1.29 is 19.1 Å². The molecule has 1 aliphatic carbocycles. The summed E-state index contributed by atoms with van der Waals surface area (Å²) < 4.78 is 11.6. The average Bonchev–Trinajstić information content (AvgIpc) is 3.13. The van der Waals surface area contributed by atoms with Gasteiger partial charge in [0.15, 0.2) is 18.1 Å². The number of carbonyl (C=O) groups is 2. The van der Waals surface area contributed by atoms with Gasteiger partial charge in [-0.3, -0.25) is 9.59 Å². The summed E-state index contributed by atoms with van der Waals surface area (Å²) in [5, 5.41) is 14.7. The molecule has 0 radical (unpaired) electrons. The molecule has 0 saturated heterocycles. The first-order valence-electron chi connectivity index (χ1n) is 9.08. The molecule has 0 aromatic heterocycles. The van der Waals surface area contributed by atoms with E-state index in [1.807, 2.05) is 13.0 Å². The van der Waals surface area contributed by atoms with Gasteiger partial charge < -0.3 is 20.1 Å². The number of hydrogen-bond donors (Lipinski definition) is 2. The third-order valence-corrected chi connectivity index (χ3v) is 4.77. The predicted molar refractivity (Wildman–Crippen MR) is 104 cm³/mol. The number of nitrogens with one attached hydrogen (secondary N) is 2. The Hall–Kier alpha value is -2.27. The van der Waals surface area contributed by atoms with Crippen LogP contribution in [0.4, 0.5) is 0 Å². The van der Waals surface area contributed by atoms with Crippen molar-refractivity contribution in [1.29, 1.82) is 5.26 Å². The number of nitrogens with zero attached hydrogens (tertiary/aromatic N) is 1. The van der Waals surface area contributed by atoms with Crippen molar-refractivity contribution in [2.24, 2.45) is 0 Å². The van der Waals surface area contributed by atoms with Crippen molar-refractivity contribution >= 4 is 27.7 Å². The Morgan fingerprint density at radius 3 is 2.67 bits per heavy atom. The molecule has 0 heterocycles. The zero-order valence-corrected chi connectivity index (χ0v) is 16.9. The van der Waals surface area contributed by atoms with Gasteiger partial charge in [0.05, 0.1) is 22.7 Å². The summed E-state index contributed by atoms with van der Waals surface area (Å²) in [6, 6.07) is 5.48. The van der Waals surface area contributed by atoms with E-state index in [9.17, 15) is 9.59 Å². The Morgan fingerprint density at radius 2 is 2.00 bits per heavy atom. The lowest BCUT2D eigenvalue weighted by Crippen LogP contribution is -2.36. The first-order chi connectivity index (χ1) is 13.0. The second-order valence-corrected chi connectivity index (χ2v) is 7.12. The maximum absolute atomic E-state index is 12.0. The van der Waals surface area contributed by atoms with Gasteiger partial charge in [-0.15, -0.1) is 0 Å². The number of nitriles is 1. The van der Waals surface area contributed by atoms with E-state index in [0.29, 0.717) is 28.1 Å². The fourth-order valence-electron chi connectivity index (χ4n) is 2.91. The van der Waals surface area contributed by atoms with Crippen molar-refractivity contribution in [1.82, 2.24) is 10.6 Å². The summed E-state index contributed by atoms with van der Waals surface area (Å²) in [6.45, 7) is 2.27. The van der Waals surface area contributed by atoms with Gasteiger partial charge in [-0.1, -0.05) is 12.8 Å². The van der Waals surface area contributed by atoms with Crippen molar-refractivity contribution in [3.63, 3.8) is 0 Å².